The highest BCUT2D eigenvalue weighted by Crippen LogP contribution is 2.18. The van der Waals surface area contributed by atoms with Crippen molar-refractivity contribution in [2.45, 2.75) is 31.8 Å². The second-order valence-electron chi connectivity index (χ2n) is 3.37. The predicted octanol–water partition coefficient (Wildman–Crippen LogP) is -1.31. The molecule has 0 spiro atoms. The third-order valence-electron chi connectivity index (χ3n) is 2.03. The van der Waals surface area contributed by atoms with E-state index in [2.05, 4.69) is 21.1 Å². The summed E-state index contributed by atoms with van der Waals surface area (Å²) in [7, 11) is 1.59. The van der Waals surface area contributed by atoms with Gasteiger partial charge in [0, 0.05) is 13.1 Å². The van der Waals surface area contributed by atoms with Gasteiger partial charge in [-0.3, -0.25) is 15.2 Å². The van der Waals surface area contributed by atoms with Crippen molar-refractivity contribution in [2.24, 2.45) is 10.8 Å². The van der Waals surface area contributed by atoms with Gasteiger partial charge < -0.3 is 10.6 Å². The molecule has 0 saturated heterocycles. The number of carbonyl (C=O) groups excluding carboxylic acids is 1. The van der Waals surface area contributed by atoms with Crippen LogP contribution in [0.25, 0.3) is 0 Å². The molecule has 14 heavy (non-hydrogen) atoms. The monoisotopic (exact) mass is 199 g/mol. The molecule has 1 aliphatic rings. The molecule has 0 aromatic heterocycles. The van der Waals surface area contributed by atoms with Gasteiger partial charge in [0.15, 0.2) is 0 Å². The van der Waals surface area contributed by atoms with Crippen LogP contribution in [0.4, 0.5) is 0 Å². The Morgan fingerprint density at radius 3 is 2.64 bits per heavy atom. The predicted molar refractivity (Wildman–Crippen MR) is 54.4 cm³/mol. The molecule has 0 heterocycles. The summed E-state index contributed by atoms with van der Waals surface area (Å²) in [5.41, 5.74) is 2.37. The van der Waals surface area contributed by atoms with Gasteiger partial charge in [0.2, 0.25) is 11.9 Å². The fraction of sp³-hybridized carbons (Fsp3) is 0.750. The summed E-state index contributed by atoms with van der Waals surface area (Å²) in [6, 6.07) is 0.0463. The number of hydrazine groups is 1. The van der Waals surface area contributed by atoms with Crippen molar-refractivity contribution in [3.63, 3.8) is 0 Å². The summed E-state index contributed by atoms with van der Waals surface area (Å²) in [5, 5.41) is 5.73. The highest BCUT2D eigenvalue weighted by molar-refractivity contribution is 5.88. The Kier molecular flexibility index (Phi) is 3.70. The summed E-state index contributed by atoms with van der Waals surface area (Å²) >= 11 is 0. The Morgan fingerprint density at radius 2 is 2.21 bits per heavy atom. The van der Waals surface area contributed by atoms with E-state index in [9.17, 15) is 4.79 Å². The molecule has 6 heteroatoms. The van der Waals surface area contributed by atoms with E-state index in [0.29, 0.717) is 12.0 Å². The second kappa shape index (κ2) is 4.80. The van der Waals surface area contributed by atoms with E-state index in [1.807, 2.05) is 0 Å². The van der Waals surface area contributed by atoms with Crippen LogP contribution < -0.4 is 21.9 Å². The normalized spacial score (nSPS) is 18.6. The number of rotatable bonds is 3. The quantitative estimate of drug-likeness (QED) is 0.197. The number of nitrogens with one attached hydrogen (secondary N) is 3. The van der Waals surface area contributed by atoms with Crippen LogP contribution >= 0.6 is 0 Å². The highest BCUT2D eigenvalue weighted by Gasteiger charge is 2.25. The average molecular weight is 199 g/mol. The topological polar surface area (TPSA) is 91.5 Å². The molecule has 1 fully saturated rings. The SMILES string of the molecule is CN=C(NN)NC(C)C(=O)NC1CC1. The van der Waals surface area contributed by atoms with Crippen molar-refractivity contribution in [1.82, 2.24) is 16.1 Å². The van der Waals surface area contributed by atoms with Crippen LogP contribution in [0.2, 0.25) is 0 Å². The lowest BCUT2D eigenvalue weighted by atomic mass is 10.3. The molecule has 6 nitrogen and oxygen atoms in total. The molecular weight excluding hydrogens is 182 g/mol. The molecule has 80 valence electrons. The number of amides is 1. The number of guanidine groups is 1. The molecular formula is C8H17N5O. The van der Waals surface area contributed by atoms with Gasteiger partial charge in [-0.2, -0.15) is 0 Å². The van der Waals surface area contributed by atoms with Gasteiger partial charge in [0.25, 0.3) is 0 Å². The van der Waals surface area contributed by atoms with Gasteiger partial charge in [0.1, 0.15) is 6.04 Å². The van der Waals surface area contributed by atoms with Crippen LogP contribution in [0, 0.1) is 0 Å². The maximum Gasteiger partial charge on any atom is 0.242 e. The minimum absolute atomic E-state index is 0.0242. The van der Waals surface area contributed by atoms with Crippen molar-refractivity contribution in [3.05, 3.63) is 0 Å². The molecule has 1 unspecified atom stereocenters. The van der Waals surface area contributed by atoms with Gasteiger partial charge in [-0.15, -0.1) is 0 Å². The van der Waals surface area contributed by atoms with E-state index in [0.717, 1.165) is 12.8 Å². The molecule has 0 aromatic carbocycles. The lowest BCUT2D eigenvalue weighted by Crippen LogP contribution is -2.51. The Labute approximate surface area is 83.3 Å². The number of carbonyl (C=O) groups is 1. The molecule has 1 amide bonds. The number of hydrogen-bond acceptors (Lipinski definition) is 3. The zero-order chi connectivity index (χ0) is 10.6. The molecule has 0 aromatic rings. The smallest absolute Gasteiger partial charge is 0.242 e. The first-order chi connectivity index (χ1) is 6.67. The molecule has 0 radical (unpaired) electrons. The van der Waals surface area contributed by atoms with Crippen LogP contribution in [0.1, 0.15) is 19.8 Å². The van der Waals surface area contributed by atoms with E-state index >= 15 is 0 Å². The summed E-state index contributed by atoms with van der Waals surface area (Å²) < 4.78 is 0. The molecule has 0 bridgehead atoms. The van der Waals surface area contributed by atoms with Crippen molar-refractivity contribution in [1.29, 1.82) is 0 Å². The fourth-order valence-corrected chi connectivity index (χ4v) is 0.995. The first-order valence-corrected chi connectivity index (χ1v) is 4.67. The summed E-state index contributed by atoms with van der Waals surface area (Å²) in [6.45, 7) is 1.76. The summed E-state index contributed by atoms with van der Waals surface area (Å²) in [4.78, 5) is 15.3. The molecule has 0 aliphatic heterocycles. The van der Waals surface area contributed by atoms with Gasteiger partial charge in [-0.05, 0) is 19.8 Å². The molecule has 1 atom stereocenters. The van der Waals surface area contributed by atoms with E-state index in [4.69, 9.17) is 5.84 Å². The summed E-state index contributed by atoms with van der Waals surface area (Å²) in [6.07, 6.45) is 2.17. The van der Waals surface area contributed by atoms with Crippen LogP contribution in [-0.2, 0) is 4.79 Å². The Morgan fingerprint density at radius 1 is 1.57 bits per heavy atom. The maximum atomic E-state index is 11.5. The second-order valence-corrected chi connectivity index (χ2v) is 3.37. The highest BCUT2D eigenvalue weighted by atomic mass is 16.2. The molecule has 1 aliphatic carbocycles. The summed E-state index contributed by atoms with van der Waals surface area (Å²) in [5.74, 6) is 5.55. The standard InChI is InChI=1S/C8H17N5O/c1-5(11-8(10-2)13-9)7(14)12-6-3-4-6/h5-6H,3-4,9H2,1-2H3,(H,12,14)(H2,10,11,13). The number of hydrogen-bond donors (Lipinski definition) is 4. The van der Waals surface area contributed by atoms with Crippen molar-refractivity contribution in [2.75, 3.05) is 7.05 Å². The first kappa shape index (κ1) is 10.8. The van der Waals surface area contributed by atoms with E-state index in [-0.39, 0.29) is 11.9 Å². The lowest BCUT2D eigenvalue weighted by Gasteiger charge is -2.15. The third-order valence-corrected chi connectivity index (χ3v) is 2.03. The zero-order valence-electron chi connectivity index (χ0n) is 8.50. The minimum atomic E-state index is -0.328. The van der Waals surface area contributed by atoms with Gasteiger partial charge >= 0.3 is 0 Å². The van der Waals surface area contributed by atoms with E-state index < -0.39 is 0 Å². The van der Waals surface area contributed by atoms with Crippen LogP contribution in [0.15, 0.2) is 4.99 Å². The first-order valence-electron chi connectivity index (χ1n) is 4.67. The minimum Gasteiger partial charge on any atom is -0.352 e. The third kappa shape index (κ3) is 3.21. The molecule has 5 N–H and O–H groups in total. The van der Waals surface area contributed by atoms with Gasteiger partial charge in [-0.1, -0.05) is 0 Å². The average Bonchev–Trinajstić information content (AvgIpc) is 2.97. The van der Waals surface area contributed by atoms with Crippen molar-refractivity contribution >= 4 is 11.9 Å². The number of nitrogens with two attached hydrogens (primary N) is 1. The van der Waals surface area contributed by atoms with Crippen LogP contribution in [-0.4, -0.2) is 31.0 Å². The zero-order valence-corrected chi connectivity index (χ0v) is 8.50. The Hall–Kier alpha value is -1.30. The number of aliphatic imine (C=N–C) groups is 1. The Balaban J connectivity index is 2.31. The Bertz CT molecular complexity index is 236. The molecule has 1 saturated carbocycles. The largest absolute Gasteiger partial charge is 0.352 e. The van der Waals surface area contributed by atoms with Crippen LogP contribution in [0.5, 0.6) is 0 Å². The number of nitrogens with zero attached hydrogens (tertiary/aromatic N) is 1. The van der Waals surface area contributed by atoms with Gasteiger partial charge in [-0.25, -0.2) is 5.84 Å². The fourth-order valence-electron chi connectivity index (χ4n) is 0.995. The van der Waals surface area contributed by atoms with E-state index in [1.165, 1.54) is 0 Å². The van der Waals surface area contributed by atoms with Gasteiger partial charge in [0.05, 0.1) is 0 Å². The lowest BCUT2D eigenvalue weighted by molar-refractivity contribution is -0.122. The molecule has 1 rings (SSSR count). The maximum absolute atomic E-state index is 11.5. The van der Waals surface area contributed by atoms with Crippen molar-refractivity contribution in [3.8, 4) is 0 Å². The van der Waals surface area contributed by atoms with Crippen LogP contribution in [0.3, 0.4) is 0 Å². The van der Waals surface area contributed by atoms with Crippen molar-refractivity contribution < 1.29 is 4.79 Å². The van der Waals surface area contributed by atoms with E-state index in [1.54, 1.807) is 14.0 Å².